The van der Waals surface area contributed by atoms with Crippen molar-refractivity contribution in [3.8, 4) is 0 Å². The van der Waals surface area contributed by atoms with Crippen LogP contribution < -0.4 is 4.90 Å². The molecule has 1 amide bonds. The molecule has 5 heteroatoms. The summed E-state index contributed by atoms with van der Waals surface area (Å²) in [6.07, 6.45) is 1.07. The molecule has 1 aromatic heterocycles. The van der Waals surface area contributed by atoms with Gasteiger partial charge >= 0.3 is 0 Å². The molecule has 1 saturated heterocycles. The van der Waals surface area contributed by atoms with Gasteiger partial charge in [0, 0.05) is 49.8 Å². The Labute approximate surface area is 132 Å². The van der Waals surface area contributed by atoms with Gasteiger partial charge in [-0.15, -0.1) is 0 Å². The van der Waals surface area contributed by atoms with E-state index in [0.29, 0.717) is 23.7 Å². The number of anilines is 1. The highest BCUT2D eigenvalue weighted by molar-refractivity contribution is 5.81. The number of amides is 1. The van der Waals surface area contributed by atoms with Gasteiger partial charge in [-0.25, -0.2) is 9.97 Å². The Balaban J connectivity index is 1.65. The molecule has 22 heavy (non-hydrogen) atoms. The third-order valence-corrected chi connectivity index (χ3v) is 4.72. The number of carbonyl (C=O) groups excluding carboxylic acids is 1. The van der Waals surface area contributed by atoms with Gasteiger partial charge in [-0.1, -0.05) is 20.8 Å². The van der Waals surface area contributed by atoms with Crippen LogP contribution >= 0.6 is 0 Å². The number of aromatic nitrogens is 2. The lowest BCUT2D eigenvalue weighted by Crippen LogP contribution is -2.49. The normalized spacial score (nSPS) is 24.8. The van der Waals surface area contributed by atoms with Crippen LogP contribution in [0.2, 0.25) is 0 Å². The molecule has 2 fully saturated rings. The summed E-state index contributed by atoms with van der Waals surface area (Å²) in [7, 11) is 0. The number of nitrogens with zero attached hydrogens (tertiary/aromatic N) is 4. The highest BCUT2D eigenvalue weighted by atomic mass is 16.2. The quantitative estimate of drug-likeness (QED) is 0.859. The molecule has 0 N–H and O–H groups in total. The molecule has 0 bridgehead atoms. The Morgan fingerprint density at radius 1 is 1.23 bits per heavy atom. The van der Waals surface area contributed by atoms with Crippen molar-refractivity contribution in [3.05, 3.63) is 17.6 Å². The molecule has 1 aliphatic carbocycles. The third kappa shape index (κ3) is 3.08. The van der Waals surface area contributed by atoms with Crippen LogP contribution in [0, 0.1) is 18.8 Å². The first-order valence-electron chi connectivity index (χ1n) is 8.35. The lowest BCUT2D eigenvalue weighted by molar-refractivity contribution is -0.133. The minimum absolute atomic E-state index is 0.292. The van der Waals surface area contributed by atoms with Gasteiger partial charge in [-0.05, 0) is 19.3 Å². The van der Waals surface area contributed by atoms with E-state index in [1.807, 2.05) is 17.9 Å². The minimum atomic E-state index is 0.292. The first kappa shape index (κ1) is 15.3. The Bertz CT molecular complexity index is 564. The van der Waals surface area contributed by atoms with E-state index in [9.17, 15) is 4.79 Å². The molecule has 1 saturated carbocycles. The molecule has 1 aliphatic heterocycles. The van der Waals surface area contributed by atoms with Crippen LogP contribution in [0.3, 0.4) is 0 Å². The minimum Gasteiger partial charge on any atom is -0.353 e. The fourth-order valence-corrected chi connectivity index (χ4v) is 3.05. The zero-order chi connectivity index (χ0) is 15.9. The number of hydrogen-bond donors (Lipinski definition) is 0. The fraction of sp³-hybridized carbons (Fsp3) is 0.706. The average molecular weight is 302 g/mol. The lowest BCUT2D eigenvalue weighted by Gasteiger charge is -2.35. The molecule has 1 aromatic rings. The topological polar surface area (TPSA) is 49.3 Å². The number of aryl methyl sites for hydroxylation is 1. The Morgan fingerprint density at radius 2 is 1.86 bits per heavy atom. The van der Waals surface area contributed by atoms with Crippen LogP contribution in [0.5, 0.6) is 0 Å². The smallest absolute Gasteiger partial charge is 0.226 e. The average Bonchev–Trinajstić information content (AvgIpc) is 3.23. The Kier molecular flexibility index (Phi) is 4.06. The van der Waals surface area contributed by atoms with Gasteiger partial charge in [0.1, 0.15) is 11.6 Å². The molecule has 2 atom stereocenters. The predicted octanol–water partition coefficient (Wildman–Crippen LogP) is 2.21. The van der Waals surface area contributed by atoms with Gasteiger partial charge in [-0.3, -0.25) is 4.79 Å². The third-order valence-electron chi connectivity index (χ3n) is 4.72. The van der Waals surface area contributed by atoms with E-state index in [4.69, 9.17) is 4.98 Å². The maximum atomic E-state index is 12.3. The SMILES string of the molecule is Cc1cc(N2CCN(C(=O)[C@H]3C[C@@H]3C)CC2)nc(C(C)C)n1. The maximum Gasteiger partial charge on any atom is 0.226 e. The van der Waals surface area contributed by atoms with E-state index in [1.54, 1.807) is 0 Å². The molecule has 2 aliphatic rings. The van der Waals surface area contributed by atoms with Gasteiger partial charge in [0.05, 0.1) is 0 Å². The zero-order valence-electron chi connectivity index (χ0n) is 14.0. The van der Waals surface area contributed by atoms with Crippen LogP contribution in [0.15, 0.2) is 6.07 Å². The Morgan fingerprint density at radius 3 is 2.41 bits per heavy atom. The fourth-order valence-electron chi connectivity index (χ4n) is 3.05. The molecule has 120 valence electrons. The molecule has 0 aromatic carbocycles. The van der Waals surface area contributed by atoms with Crippen LogP contribution in [-0.4, -0.2) is 47.0 Å². The summed E-state index contributed by atoms with van der Waals surface area (Å²) >= 11 is 0. The highest BCUT2D eigenvalue weighted by Crippen LogP contribution is 2.39. The van der Waals surface area contributed by atoms with E-state index in [1.165, 1.54) is 0 Å². The summed E-state index contributed by atoms with van der Waals surface area (Å²) in [5.74, 6) is 3.47. The second-order valence-electron chi connectivity index (χ2n) is 7.01. The molecule has 5 nitrogen and oxygen atoms in total. The van der Waals surface area contributed by atoms with Crippen molar-refractivity contribution in [2.24, 2.45) is 11.8 Å². The van der Waals surface area contributed by atoms with Crippen molar-refractivity contribution in [1.82, 2.24) is 14.9 Å². The van der Waals surface area contributed by atoms with Crippen LogP contribution in [0.4, 0.5) is 5.82 Å². The van der Waals surface area contributed by atoms with Gasteiger partial charge in [0.25, 0.3) is 0 Å². The molecule has 0 unspecified atom stereocenters. The van der Waals surface area contributed by atoms with Gasteiger partial charge in [-0.2, -0.15) is 0 Å². The summed E-state index contributed by atoms with van der Waals surface area (Å²) in [6, 6.07) is 2.05. The standard InChI is InChI=1S/C17H26N4O/c1-11(2)16-18-13(4)10-15(19-16)20-5-7-21(8-6-20)17(22)14-9-12(14)3/h10-12,14H,5-9H2,1-4H3/t12-,14-/m0/s1. The number of piperazine rings is 1. The van der Waals surface area contributed by atoms with Gasteiger partial charge in [0.15, 0.2) is 0 Å². The molecule has 0 spiro atoms. The zero-order valence-corrected chi connectivity index (χ0v) is 14.0. The van der Waals surface area contributed by atoms with Crippen molar-refractivity contribution in [1.29, 1.82) is 0 Å². The van der Waals surface area contributed by atoms with Crippen molar-refractivity contribution < 1.29 is 4.79 Å². The summed E-state index contributed by atoms with van der Waals surface area (Å²) in [5, 5.41) is 0. The van der Waals surface area contributed by atoms with E-state index in [0.717, 1.165) is 49.9 Å². The summed E-state index contributed by atoms with van der Waals surface area (Å²) in [4.78, 5) is 25.8. The molecular formula is C17H26N4O. The van der Waals surface area contributed by atoms with Gasteiger partial charge in [0.2, 0.25) is 5.91 Å². The number of rotatable bonds is 3. The summed E-state index contributed by atoms with van der Waals surface area (Å²) in [6.45, 7) is 11.8. The molecule has 2 heterocycles. The summed E-state index contributed by atoms with van der Waals surface area (Å²) in [5.41, 5.74) is 1.01. The maximum absolute atomic E-state index is 12.3. The van der Waals surface area contributed by atoms with Crippen LogP contribution in [-0.2, 0) is 4.79 Å². The molecule has 0 radical (unpaired) electrons. The lowest BCUT2D eigenvalue weighted by atomic mass is 10.2. The van der Waals surface area contributed by atoms with Crippen LogP contribution in [0.25, 0.3) is 0 Å². The first-order valence-corrected chi connectivity index (χ1v) is 8.35. The molecular weight excluding hydrogens is 276 g/mol. The largest absolute Gasteiger partial charge is 0.353 e. The summed E-state index contributed by atoms with van der Waals surface area (Å²) < 4.78 is 0. The second kappa shape index (κ2) is 5.86. The van der Waals surface area contributed by atoms with E-state index in [-0.39, 0.29) is 0 Å². The second-order valence-corrected chi connectivity index (χ2v) is 7.01. The van der Waals surface area contributed by atoms with Gasteiger partial charge < -0.3 is 9.80 Å². The van der Waals surface area contributed by atoms with Crippen molar-refractivity contribution in [3.63, 3.8) is 0 Å². The Hall–Kier alpha value is -1.65. The number of hydrogen-bond acceptors (Lipinski definition) is 4. The first-order chi connectivity index (χ1) is 10.5. The van der Waals surface area contributed by atoms with Crippen molar-refractivity contribution in [2.75, 3.05) is 31.1 Å². The molecule has 3 rings (SSSR count). The van der Waals surface area contributed by atoms with Crippen LogP contribution in [0.1, 0.15) is 44.6 Å². The number of carbonyl (C=O) groups is 1. The monoisotopic (exact) mass is 302 g/mol. The highest BCUT2D eigenvalue weighted by Gasteiger charge is 2.42. The van der Waals surface area contributed by atoms with E-state index >= 15 is 0 Å². The van der Waals surface area contributed by atoms with E-state index < -0.39 is 0 Å². The predicted molar refractivity (Wildman–Crippen MR) is 86.9 cm³/mol. The van der Waals surface area contributed by atoms with Crippen molar-refractivity contribution in [2.45, 2.75) is 40.0 Å². The van der Waals surface area contributed by atoms with Crippen molar-refractivity contribution >= 4 is 11.7 Å². The van der Waals surface area contributed by atoms with E-state index in [2.05, 4.69) is 30.7 Å².